The van der Waals surface area contributed by atoms with E-state index < -0.39 is 48.1 Å². The highest BCUT2D eigenvalue weighted by Crippen LogP contribution is 1.98. The van der Waals surface area contributed by atoms with E-state index in [4.69, 9.17) is 11.5 Å². The standard InChI is InChI=1S/C14H29N7O5S/c1-7(20-10(22)5-19-12(24)8(15)6-27)11(23)21-9(13(25)26)3-2-4-18-14(16)17/h7-9,14,18,27H,2-6,15-17H2,1H3,(H,19,24)(H,20,22)(H,21,23)(H,25,26)/p+1/t7-,8-,9-/m0/s1. The van der Waals surface area contributed by atoms with Gasteiger partial charge in [-0.1, -0.05) is 0 Å². The summed E-state index contributed by atoms with van der Waals surface area (Å²) >= 11 is 3.93. The first kappa shape index (κ1) is 25.1. The number of rotatable bonds is 13. The van der Waals surface area contributed by atoms with Crippen LogP contribution in [0.15, 0.2) is 0 Å². The molecule has 3 amide bonds. The maximum atomic E-state index is 12.1. The number of hydrogen-bond donors (Lipinski definition) is 9. The van der Waals surface area contributed by atoms with Crippen LogP contribution in [0.2, 0.25) is 0 Å². The molecule has 3 atom stereocenters. The maximum absolute atomic E-state index is 12.1. The van der Waals surface area contributed by atoms with E-state index in [1.54, 1.807) is 0 Å². The largest absolute Gasteiger partial charge is 0.480 e. The molecule has 0 fully saturated rings. The molecule has 0 saturated heterocycles. The summed E-state index contributed by atoms with van der Waals surface area (Å²) < 4.78 is 0. The molecular weight excluding hydrogens is 378 g/mol. The minimum atomic E-state index is -1.19. The predicted octanol–water partition coefficient (Wildman–Crippen LogP) is -4.71. The van der Waals surface area contributed by atoms with Crippen LogP contribution in [0.3, 0.4) is 0 Å². The number of carbonyl (C=O) groups excluding carboxylic acids is 3. The molecule has 12 nitrogen and oxygen atoms in total. The monoisotopic (exact) mass is 408 g/mol. The fourth-order valence-corrected chi connectivity index (χ4v) is 2.05. The molecule has 0 aliphatic heterocycles. The Labute approximate surface area is 162 Å². The summed E-state index contributed by atoms with van der Waals surface area (Å²) in [6.07, 6.45) is -0.122. The van der Waals surface area contributed by atoms with Crippen LogP contribution >= 0.6 is 12.6 Å². The lowest BCUT2D eigenvalue weighted by Crippen LogP contribution is -2.69. The molecule has 0 aliphatic rings. The van der Waals surface area contributed by atoms with E-state index >= 15 is 0 Å². The van der Waals surface area contributed by atoms with Crippen molar-refractivity contribution in [2.45, 2.75) is 44.2 Å². The number of carbonyl (C=O) groups is 4. The van der Waals surface area contributed by atoms with Gasteiger partial charge in [0.25, 0.3) is 5.91 Å². The molecule has 0 aromatic heterocycles. The Bertz CT molecular complexity index is 520. The topological polar surface area (TPSA) is 216 Å². The van der Waals surface area contributed by atoms with Gasteiger partial charge < -0.3 is 38.3 Å². The van der Waals surface area contributed by atoms with Crippen LogP contribution in [-0.4, -0.2) is 72.1 Å². The summed E-state index contributed by atoms with van der Waals surface area (Å²) in [5.41, 5.74) is 14.2. The summed E-state index contributed by atoms with van der Waals surface area (Å²) in [4.78, 5) is 46.6. The second kappa shape index (κ2) is 13.3. The molecule has 0 aromatic carbocycles. The minimum Gasteiger partial charge on any atom is -0.480 e. The minimum absolute atomic E-state index is 0.159. The van der Waals surface area contributed by atoms with Crippen LogP contribution < -0.4 is 38.5 Å². The summed E-state index contributed by atoms with van der Waals surface area (Å²) in [5.74, 6) is -2.65. The van der Waals surface area contributed by atoms with Gasteiger partial charge in [-0.05, 0) is 26.3 Å². The zero-order valence-corrected chi connectivity index (χ0v) is 16.1. The van der Waals surface area contributed by atoms with Crippen molar-refractivity contribution in [3.63, 3.8) is 0 Å². The van der Waals surface area contributed by atoms with Crippen LogP contribution in [0.5, 0.6) is 0 Å². The van der Waals surface area contributed by atoms with Crippen molar-refractivity contribution in [2.75, 3.05) is 18.8 Å². The molecule has 0 bridgehead atoms. The van der Waals surface area contributed by atoms with E-state index in [1.165, 1.54) is 6.92 Å². The van der Waals surface area contributed by atoms with Gasteiger partial charge in [0.05, 0.1) is 12.3 Å². The number of carboxylic acids is 1. The normalized spacial score (nSPS) is 14.1. The fraction of sp³-hybridized carbons (Fsp3) is 0.714. The molecule has 0 unspecified atom stereocenters. The van der Waals surface area contributed by atoms with E-state index in [1.807, 2.05) is 0 Å². The van der Waals surface area contributed by atoms with Gasteiger partial charge >= 0.3 is 5.97 Å². The van der Waals surface area contributed by atoms with Gasteiger partial charge in [-0.15, -0.1) is 0 Å². The van der Waals surface area contributed by atoms with Gasteiger partial charge in [-0.2, -0.15) is 12.6 Å². The Morgan fingerprint density at radius 2 is 1.78 bits per heavy atom. The lowest BCUT2D eigenvalue weighted by molar-refractivity contribution is -0.396. The third kappa shape index (κ3) is 11.4. The zero-order valence-electron chi connectivity index (χ0n) is 15.2. The molecule has 0 heterocycles. The number of carboxylic acid groups (broad SMARTS) is 1. The third-order valence-electron chi connectivity index (χ3n) is 3.45. The van der Waals surface area contributed by atoms with Crippen LogP contribution in [-0.2, 0) is 19.2 Å². The molecule has 156 valence electrons. The van der Waals surface area contributed by atoms with E-state index in [0.717, 1.165) is 0 Å². The molecule has 13 heteroatoms. The Kier molecular flexibility index (Phi) is 12.3. The van der Waals surface area contributed by atoms with Crippen molar-refractivity contribution < 1.29 is 30.0 Å². The lowest BCUT2D eigenvalue weighted by Gasteiger charge is -2.19. The molecular formula is C14H30N7O5S+. The number of aliphatic carboxylic acids is 1. The number of hydrogen-bond acceptors (Lipinski definition) is 8. The van der Waals surface area contributed by atoms with Gasteiger partial charge in [0, 0.05) is 0 Å². The first-order chi connectivity index (χ1) is 12.6. The van der Waals surface area contributed by atoms with Gasteiger partial charge in [0.2, 0.25) is 11.8 Å². The average Bonchev–Trinajstić information content (AvgIpc) is 2.60. The summed E-state index contributed by atoms with van der Waals surface area (Å²) in [5, 5.41) is 19.0. The molecule has 27 heavy (non-hydrogen) atoms. The quantitative estimate of drug-likeness (QED) is 0.0817. The Balaban J connectivity index is 4.36. The van der Waals surface area contributed by atoms with E-state index in [9.17, 15) is 24.3 Å². The molecule has 12 N–H and O–H groups in total. The van der Waals surface area contributed by atoms with Crippen LogP contribution in [0, 0.1) is 0 Å². The molecule has 0 radical (unpaired) electrons. The molecule has 0 aromatic rings. The molecule has 0 spiro atoms. The number of quaternary nitrogens is 1. The van der Waals surface area contributed by atoms with Crippen molar-refractivity contribution in [3.8, 4) is 0 Å². The Morgan fingerprint density at radius 1 is 1.15 bits per heavy atom. The summed E-state index contributed by atoms with van der Waals surface area (Å²) in [6.45, 7) is 1.47. The Hall–Kier alpha value is -1.93. The number of nitrogens with one attached hydrogen (secondary N) is 4. The van der Waals surface area contributed by atoms with E-state index in [2.05, 4.69) is 39.6 Å². The molecule has 0 aliphatic carbocycles. The molecule has 0 rings (SSSR count). The Morgan fingerprint density at radius 3 is 2.30 bits per heavy atom. The van der Waals surface area contributed by atoms with Crippen molar-refractivity contribution in [2.24, 2.45) is 11.5 Å². The van der Waals surface area contributed by atoms with Gasteiger partial charge in [-0.3, -0.25) is 19.7 Å². The van der Waals surface area contributed by atoms with Crippen LogP contribution in [0.25, 0.3) is 0 Å². The molecule has 0 saturated carbocycles. The van der Waals surface area contributed by atoms with Crippen molar-refractivity contribution >= 4 is 36.3 Å². The average molecular weight is 409 g/mol. The van der Waals surface area contributed by atoms with Gasteiger partial charge in [-0.25, -0.2) is 4.79 Å². The second-order valence-corrected chi connectivity index (χ2v) is 6.27. The van der Waals surface area contributed by atoms with E-state index in [-0.39, 0.29) is 18.7 Å². The van der Waals surface area contributed by atoms with Crippen LogP contribution in [0.1, 0.15) is 19.8 Å². The van der Waals surface area contributed by atoms with Crippen molar-refractivity contribution in [1.82, 2.24) is 21.3 Å². The van der Waals surface area contributed by atoms with Crippen molar-refractivity contribution in [3.05, 3.63) is 0 Å². The first-order valence-electron chi connectivity index (χ1n) is 8.37. The lowest BCUT2D eigenvalue weighted by atomic mass is 10.1. The maximum Gasteiger partial charge on any atom is 0.326 e. The van der Waals surface area contributed by atoms with Crippen molar-refractivity contribution in [1.29, 1.82) is 0 Å². The second-order valence-electron chi connectivity index (χ2n) is 5.91. The highest BCUT2D eigenvalue weighted by atomic mass is 32.1. The predicted molar refractivity (Wildman–Crippen MR) is 100 cm³/mol. The highest BCUT2D eigenvalue weighted by molar-refractivity contribution is 7.80. The van der Waals surface area contributed by atoms with E-state index in [0.29, 0.717) is 13.0 Å². The summed E-state index contributed by atoms with van der Waals surface area (Å²) in [7, 11) is 0. The zero-order chi connectivity index (χ0) is 21.0. The fourth-order valence-electron chi connectivity index (χ4n) is 1.88. The number of thiol groups is 1. The number of amides is 3. The van der Waals surface area contributed by atoms with Gasteiger partial charge in [0.15, 0.2) is 6.04 Å². The third-order valence-corrected chi connectivity index (χ3v) is 3.89. The number of nitrogens with two attached hydrogens (primary N) is 2. The smallest absolute Gasteiger partial charge is 0.326 e. The highest BCUT2D eigenvalue weighted by Gasteiger charge is 2.24. The van der Waals surface area contributed by atoms with Crippen LogP contribution in [0.4, 0.5) is 0 Å². The van der Waals surface area contributed by atoms with Gasteiger partial charge in [0.1, 0.15) is 18.4 Å². The first-order valence-corrected chi connectivity index (χ1v) is 9.00. The summed E-state index contributed by atoms with van der Waals surface area (Å²) in [6, 6.07) is -2.69. The SMILES string of the molecule is C[C@H](NC(=O)CNC(=O)[C@@H]([NH3+])CS)C(=O)N[C@@H](CCCNC(N)N)C(=O)O.